The number of rotatable bonds is 4. The predicted octanol–water partition coefficient (Wildman–Crippen LogP) is 5.27. The van der Waals surface area contributed by atoms with E-state index in [-0.39, 0.29) is 0 Å². The third kappa shape index (κ3) is 5.80. The van der Waals surface area contributed by atoms with Gasteiger partial charge in [0.2, 0.25) is 17.6 Å². The van der Waals surface area contributed by atoms with E-state index in [4.69, 9.17) is 9.26 Å². The van der Waals surface area contributed by atoms with Crippen molar-refractivity contribution in [2.75, 3.05) is 7.11 Å². The average Bonchev–Trinajstić information content (AvgIpc) is 3.21. The Hall–Kier alpha value is -1.98. The van der Waals surface area contributed by atoms with Crippen molar-refractivity contribution in [1.82, 2.24) is 20.3 Å². The van der Waals surface area contributed by atoms with Crippen molar-refractivity contribution in [3.8, 4) is 17.4 Å². The van der Waals surface area contributed by atoms with E-state index in [9.17, 15) is 0 Å². The van der Waals surface area contributed by atoms with Crippen LogP contribution in [0.15, 0.2) is 16.7 Å². The Balaban J connectivity index is 0.000000730. The molecule has 2 heterocycles. The van der Waals surface area contributed by atoms with Crippen molar-refractivity contribution in [2.45, 2.75) is 72.6 Å². The summed E-state index contributed by atoms with van der Waals surface area (Å²) in [5.41, 5.74) is 0.605. The highest BCUT2D eigenvalue weighted by Gasteiger charge is 2.26. The normalized spacial score (nSPS) is 19.1. The predicted molar refractivity (Wildman–Crippen MR) is 99.6 cm³/mol. The van der Waals surface area contributed by atoms with Gasteiger partial charge in [0.25, 0.3) is 0 Å². The van der Waals surface area contributed by atoms with Gasteiger partial charge in [-0.25, -0.2) is 0 Å². The van der Waals surface area contributed by atoms with Crippen LogP contribution < -0.4 is 4.74 Å². The van der Waals surface area contributed by atoms with Gasteiger partial charge in [0, 0.05) is 12.0 Å². The molecule has 0 saturated heterocycles. The standard InChI is InChI=1S/C15H20N4O2.2C2H6/c1-3-10-4-6-11(7-5-10)15-16-14(19-21-15)12-8-9-13(20-2)18-17-12;2*1-2/h8-11H,3-7H2,1-2H3;2*1-2H3. The van der Waals surface area contributed by atoms with E-state index in [1.807, 2.05) is 27.7 Å². The molecule has 0 aliphatic heterocycles. The highest BCUT2D eigenvalue weighted by Crippen LogP contribution is 2.36. The third-order valence-corrected chi connectivity index (χ3v) is 4.29. The monoisotopic (exact) mass is 348 g/mol. The van der Waals surface area contributed by atoms with Crippen LogP contribution in [0.25, 0.3) is 11.5 Å². The molecule has 1 aliphatic carbocycles. The third-order valence-electron chi connectivity index (χ3n) is 4.29. The van der Waals surface area contributed by atoms with Crippen LogP contribution in [0, 0.1) is 5.92 Å². The van der Waals surface area contributed by atoms with E-state index < -0.39 is 0 Å². The minimum absolute atomic E-state index is 0.389. The van der Waals surface area contributed by atoms with Crippen LogP contribution in [0.2, 0.25) is 0 Å². The molecular formula is C19H32N4O2. The first kappa shape index (κ1) is 21.1. The van der Waals surface area contributed by atoms with Crippen LogP contribution in [-0.4, -0.2) is 27.4 Å². The Morgan fingerprint density at radius 1 is 1.04 bits per heavy atom. The molecule has 0 atom stereocenters. The van der Waals surface area contributed by atoms with Crippen molar-refractivity contribution < 1.29 is 9.26 Å². The van der Waals surface area contributed by atoms with Crippen molar-refractivity contribution in [3.63, 3.8) is 0 Å². The molecule has 6 heteroatoms. The highest BCUT2D eigenvalue weighted by molar-refractivity contribution is 5.47. The number of ether oxygens (including phenoxy) is 1. The summed E-state index contributed by atoms with van der Waals surface area (Å²) in [6.07, 6.45) is 6.04. The first-order valence-electron chi connectivity index (χ1n) is 9.51. The maximum atomic E-state index is 5.42. The molecule has 0 amide bonds. The van der Waals surface area contributed by atoms with E-state index in [1.54, 1.807) is 19.2 Å². The van der Waals surface area contributed by atoms with Gasteiger partial charge in [-0.3, -0.25) is 0 Å². The second-order valence-corrected chi connectivity index (χ2v) is 5.54. The lowest BCUT2D eigenvalue weighted by Crippen LogP contribution is -2.12. The summed E-state index contributed by atoms with van der Waals surface area (Å²) < 4.78 is 10.4. The fourth-order valence-corrected chi connectivity index (χ4v) is 2.87. The fourth-order valence-electron chi connectivity index (χ4n) is 2.87. The largest absolute Gasteiger partial charge is 0.480 e. The summed E-state index contributed by atoms with van der Waals surface area (Å²) in [5, 5.41) is 12.0. The Morgan fingerprint density at radius 3 is 2.24 bits per heavy atom. The maximum absolute atomic E-state index is 5.42. The molecular weight excluding hydrogens is 316 g/mol. The Kier molecular flexibility index (Phi) is 9.73. The molecule has 0 spiro atoms. The van der Waals surface area contributed by atoms with Gasteiger partial charge in [-0.2, -0.15) is 4.98 Å². The molecule has 1 aliphatic rings. The second kappa shape index (κ2) is 11.6. The number of hydrogen-bond donors (Lipinski definition) is 0. The summed E-state index contributed by atoms with van der Waals surface area (Å²) in [5.74, 6) is 2.95. The van der Waals surface area contributed by atoms with Crippen LogP contribution in [0.3, 0.4) is 0 Å². The minimum atomic E-state index is 0.389. The van der Waals surface area contributed by atoms with Crippen molar-refractivity contribution in [2.24, 2.45) is 5.92 Å². The molecule has 25 heavy (non-hydrogen) atoms. The molecule has 6 nitrogen and oxygen atoms in total. The van der Waals surface area contributed by atoms with E-state index in [2.05, 4.69) is 27.3 Å². The number of nitrogens with zero attached hydrogens (tertiary/aromatic N) is 4. The molecule has 3 rings (SSSR count). The zero-order chi connectivity index (χ0) is 18.7. The van der Waals surface area contributed by atoms with Crippen LogP contribution in [0.1, 0.15) is 78.5 Å². The number of methoxy groups -OCH3 is 1. The molecule has 0 radical (unpaired) electrons. The van der Waals surface area contributed by atoms with E-state index in [0.29, 0.717) is 23.3 Å². The smallest absolute Gasteiger partial charge is 0.233 e. The maximum Gasteiger partial charge on any atom is 0.233 e. The summed E-state index contributed by atoms with van der Waals surface area (Å²) in [6, 6.07) is 3.53. The molecule has 0 N–H and O–H groups in total. The Bertz CT molecular complexity index is 575. The first-order valence-corrected chi connectivity index (χ1v) is 9.51. The Morgan fingerprint density at radius 2 is 1.72 bits per heavy atom. The van der Waals surface area contributed by atoms with Gasteiger partial charge in [0.1, 0.15) is 5.69 Å². The molecule has 1 fully saturated rings. The van der Waals surface area contributed by atoms with Gasteiger partial charge < -0.3 is 9.26 Å². The van der Waals surface area contributed by atoms with Gasteiger partial charge in [0.05, 0.1) is 7.11 Å². The number of aromatic nitrogens is 4. The Labute approximate surface area is 151 Å². The van der Waals surface area contributed by atoms with Gasteiger partial charge in [0.15, 0.2) is 0 Å². The SMILES string of the molecule is CC.CC.CCC1CCC(c2nc(-c3ccc(OC)nn3)no2)CC1. The highest BCUT2D eigenvalue weighted by atomic mass is 16.5. The molecule has 0 aromatic carbocycles. The summed E-state index contributed by atoms with van der Waals surface area (Å²) in [7, 11) is 1.56. The fraction of sp³-hybridized carbons (Fsp3) is 0.684. The van der Waals surface area contributed by atoms with Crippen molar-refractivity contribution >= 4 is 0 Å². The minimum Gasteiger partial charge on any atom is -0.480 e. The van der Waals surface area contributed by atoms with E-state index in [1.165, 1.54) is 19.3 Å². The van der Waals surface area contributed by atoms with Crippen LogP contribution >= 0.6 is 0 Å². The van der Waals surface area contributed by atoms with Crippen molar-refractivity contribution in [3.05, 3.63) is 18.0 Å². The summed E-state index contributed by atoms with van der Waals surface area (Å²) >= 11 is 0. The summed E-state index contributed by atoms with van der Waals surface area (Å²) in [4.78, 5) is 4.49. The lowest BCUT2D eigenvalue weighted by molar-refractivity contribution is 0.267. The quantitative estimate of drug-likeness (QED) is 0.749. The number of hydrogen-bond acceptors (Lipinski definition) is 6. The molecule has 2 aromatic rings. The zero-order valence-electron chi connectivity index (χ0n) is 16.5. The van der Waals surface area contributed by atoms with E-state index >= 15 is 0 Å². The zero-order valence-corrected chi connectivity index (χ0v) is 16.5. The molecule has 140 valence electrons. The van der Waals surface area contributed by atoms with Gasteiger partial charge >= 0.3 is 0 Å². The second-order valence-electron chi connectivity index (χ2n) is 5.54. The van der Waals surface area contributed by atoms with E-state index in [0.717, 1.165) is 24.7 Å². The lowest BCUT2D eigenvalue weighted by Gasteiger charge is -2.25. The topological polar surface area (TPSA) is 73.9 Å². The molecule has 0 unspecified atom stereocenters. The summed E-state index contributed by atoms with van der Waals surface area (Å²) in [6.45, 7) is 10.3. The van der Waals surface area contributed by atoms with Gasteiger partial charge in [-0.05, 0) is 37.7 Å². The van der Waals surface area contributed by atoms with Crippen LogP contribution in [0.5, 0.6) is 5.88 Å². The van der Waals surface area contributed by atoms with Crippen molar-refractivity contribution in [1.29, 1.82) is 0 Å². The molecule has 0 bridgehead atoms. The van der Waals surface area contributed by atoms with Gasteiger partial charge in [-0.15, -0.1) is 10.2 Å². The molecule has 1 saturated carbocycles. The lowest BCUT2D eigenvalue weighted by atomic mass is 9.81. The first-order chi connectivity index (χ1) is 12.3. The molecule has 2 aromatic heterocycles. The van der Waals surface area contributed by atoms with Crippen LogP contribution in [-0.2, 0) is 0 Å². The average molecular weight is 348 g/mol. The van der Waals surface area contributed by atoms with Gasteiger partial charge in [-0.1, -0.05) is 46.2 Å². The van der Waals surface area contributed by atoms with Crippen LogP contribution in [0.4, 0.5) is 0 Å².